The second kappa shape index (κ2) is 8.63. The zero-order valence-corrected chi connectivity index (χ0v) is 13.9. The molecule has 0 amide bonds. The van der Waals surface area contributed by atoms with Gasteiger partial charge in [-0.25, -0.2) is 0 Å². The molecule has 0 saturated heterocycles. The summed E-state index contributed by atoms with van der Waals surface area (Å²) in [5.41, 5.74) is -0.432. The highest BCUT2D eigenvalue weighted by molar-refractivity contribution is 7.99. The smallest absolute Gasteiger partial charge is 0.276 e. The van der Waals surface area contributed by atoms with E-state index in [1.54, 1.807) is 0 Å². The Morgan fingerprint density at radius 3 is 2.55 bits per heavy atom. The van der Waals surface area contributed by atoms with Gasteiger partial charge in [-0.1, -0.05) is 25.8 Å². The summed E-state index contributed by atoms with van der Waals surface area (Å²) in [5.74, 6) is 0.610. The molecule has 0 bridgehead atoms. The van der Waals surface area contributed by atoms with Crippen LogP contribution in [0.5, 0.6) is 0 Å². The zero-order chi connectivity index (χ0) is 16.8. The van der Waals surface area contributed by atoms with E-state index in [4.69, 9.17) is 11.6 Å². The molecule has 0 unspecified atom stereocenters. The van der Waals surface area contributed by atoms with Crippen molar-refractivity contribution in [2.24, 2.45) is 0 Å². The van der Waals surface area contributed by atoms with Gasteiger partial charge in [0.1, 0.15) is 0 Å². The topological polar surface area (TPSA) is 17.1 Å². The summed E-state index contributed by atoms with van der Waals surface area (Å²) in [6.45, 7) is 5.60. The van der Waals surface area contributed by atoms with Crippen LogP contribution in [0, 0.1) is 0 Å². The van der Waals surface area contributed by atoms with Gasteiger partial charge in [-0.3, -0.25) is 4.79 Å². The number of carbonyl (C=O) groups is 1. The number of allylic oxidation sites excluding steroid dienone is 1. The van der Waals surface area contributed by atoms with Gasteiger partial charge in [-0.05, 0) is 47.9 Å². The average molecular weight is 351 g/mol. The van der Waals surface area contributed by atoms with Crippen molar-refractivity contribution < 1.29 is 18.0 Å². The molecule has 1 nitrogen and oxygen atoms in total. The standard InChI is InChI=1S/C16H18ClF3OS/c1-3-5-6-8-22-14-9-11(7-4-2)12(15(17)21)10-13(14)16(18,19)20/h4,9-10H,2-3,5-8H2,1H3. The van der Waals surface area contributed by atoms with Gasteiger partial charge in [0.05, 0.1) is 5.56 Å². The van der Waals surface area contributed by atoms with Crippen molar-refractivity contribution >= 4 is 28.6 Å². The monoisotopic (exact) mass is 350 g/mol. The molecule has 0 aliphatic carbocycles. The molecule has 0 aromatic heterocycles. The molecule has 1 aromatic rings. The Morgan fingerprint density at radius 1 is 1.36 bits per heavy atom. The number of benzene rings is 1. The fraction of sp³-hybridized carbons (Fsp3) is 0.438. The van der Waals surface area contributed by atoms with Gasteiger partial charge in [0.25, 0.3) is 5.24 Å². The minimum Gasteiger partial charge on any atom is -0.276 e. The maximum Gasteiger partial charge on any atom is 0.417 e. The van der Waals surface area contributed by atoms with E-state index in [1.165, 1.54) is 23.9 Å². The highest BCUT2D eigenvalue weighted by atomic mass is 35.5. The molecule has 1 rings (SSSR count). The minimum absolute atomic E-state index is 0.105. The Kier molecular flexibility index (Phi) is 7.49. The molecule has 0 spiro atoms. The molecular formula is C16H18ClF3OS. The largest absolute Gasteiger partial charge is 0.417 e. The molecule has 122 valence electrons. The molecule has 22 heavy (non-hydrogen) atoms. The molecule has 0 N–H and O–H groups in total. The number of halogens is 4. The molecule has 1 aromatic carbocycles. The molecule has 0 heterocycles. The van der Waals surface area contributed by atoms with E-state index in [9.17, 15) is 18.0 Å². The van der Waals surface area contributed by atoms with E-state index in [0.717, 1.165) is 25.3 Å². The maximum atomic E-state index is 13.2. The lowest BCUT2D eigenvalue weighted by molar-refractivity contribution is -0.139. The fourth-order valence-corrected chi connectivity index (χ4v) is 3.30. The molecule has 0 radical (unpaired) electrons. The predicted molar refractivity (Wildman–Crippen MR) is 85.8 cm³/mol. The molecule has 0 atom stereocenters. The van der Waals surface area contributed by atoms with Crippen LogP contribution in [0.4, 0.5) is 13.2 Å². The summed E-state index contributed by atoms with van der Waals surface area (Å²) in [5, 5.41) is -0.884. The number of alkyl halides is 3. The lowest BCUT2D eigenvalue weighted by Gasteiger charge is -2.16. The lowest BCUT2D eigenvalue weighted by atomic mass is 10.0. The van der Waals surface area contributed by atoms with E-state index < -0.39 is 17.0 Å². The van der Waals surface area contributed by atoms with Crippen molar-refractivity contribution in [2.75, 3.05) is 5.75 Å². The third kappa shape index (κ3) is 5.36. The van der Waals surface area contributed by atoms with Crippen molar-refractivity contribution in [3.05, 3.63) is 41.5 Å². The van der Waals surface area contributed by atoms with Crippen LogP contribution in [0.3, 0.4) is 0 Å². The predicted octanol–water partition coefficient (Wildman–Crippen LogP) is 6.10. The molecule has 0 aliphatic heterocycles. The van der Waals surface area contributed by atoms with Gasteiger partial charge < -0.3 is 0 Å². The normalized spacial score (nSPS) is 11.5. The third-order valence-electron chi connectivity index (χ3n) is 3.09. The summed E-state index contributed by atoms with van der Waals surface area (Å²) in [4.78, 5) is 11.5. The summed E-state index contributed by atoms with van der Waals surface area (Å²) < 4.78 is 39.6. The summed E-state index contributed by atoms with van der Waals surface area (Å²) in [6.07, 6.45) is 0.165. The van der Waals surface area contributed by atoms with Crippen LogP contribution in [0.15, 0.2) is 29.7 Å². The van der Waals surface area contributed by atoms with Crippen molar-refractivity contribution in [3.8, 4) is 0 Å². The van der Waals surface area contributed by atoms with E-state index in [0.29, 0.717) is 17.7 Å². The average Bonchev–Trinajstić information content (AvgIpc) is 2.42. The lowest BCUT2D eigenvalue weighted by Crippen LogP contribution is -2.10. The van der Waals surface area contributed by atoms with Crippen LogP contribution in [0.25, 0.3) is 0 Å². The third-order valence-corrected chi connectivity index (χ3v) is 4.44. The number of hydrogen-bond donors (Lipinski definition) is 0. The van der Waals surface area contributed by atoms with Gasteiger partial charge >= 0.3 is 6.18 Å². The van der Waals surface area contributed by atoms with E-state index in [1.807, 2.05) is 6.92 Å². The SMILES string of the molecule is C=CCc1cc(SCCCCC)c(C(F)(F)F)cc1C(=O)Cl. The van der Waals surface area contributed by atoms with E-state index in [-0.39, 0.29) is 10.5 Å². The van der Waals surface area contributed by atoms with Crippen LogP contribution in [0.1, 0.15) is 47.7 Å². The Labute approximate surface area is 137 Å². The first-order chi connectivity index (χ1) is 10.3. The van der Waals surface area contributed by atoms with Crippen molar-refractivity contribution in [3.63, 3.8) is 0 Å². The Balaban J connectivity index is 3.22. The second-order valence-corrected chi connectivity index (χ2v) is 6.31. The highest BCUT2D eigenvalue weighted by Crippen LogP contribution is 2.39. The van der Waals surface area contributed by atoms with Gasteiger partial charge in [0.15, 0.2) is 0 Å². The summed E-state index contributed by atoms with van der Waals surface area (Å²) >= 11 is 6.58. The molecule has 0 fully saturated rings. The van der Waals surface area contributed by atoms with Gasteiger partial charge in [-0.15, -0.1) is 18.3 Å². The van der Waals surface area contributed by atoms with Crippen LogP contribution in [-0.2, 0) is 12.6 Å². The first kappa shape index (κ1) is 19.1. The number of thioether (sulfide) groups is 1. The first-order valence-electron chi connectivity index (χ1n) is 6.98. The van der Waals surface area contributed by atoms with E-state index >= 15 is 0 Å². The molecular weight excluding hydrogens is 333 g/mol. The Bertz CT molecular complexity index is 541. The molecule has 0 aliphatic rings. The maximum absolute atomic E-state index is 13.2. The fourth-order valence-electron chi connectivity index (χ4n) is 2.00. The number of carbonyl (C=O) groups excluding carboxylic acids is 1. The zero-order valence-electron chi connectivity index (χ0n) is 12.3. The van der Waals surface area contributed by atoms with E-state index in [2.05, 4.69) is 6.58 Å². The van der Waals surface area contributed by atoms with Crippen LogP contribution < -0.4 is 0 Å². The Morgan fingerprint density at radius 2 is 2.05 bits per heavy atom. The van der Waals surface area contributed by atoms with Crippen molar-refractivity contribution in [2.45, 2.75) is 43.7 Å². The van der Waals surface area contributed by atoms with Crippen molar-refractivity contribution in [1.82, 2.24) is 0 Å². The quantitative estimate of drug-likeness (QED) is 0.244. The van der Waals surface area contributed by atoms with Gasteiger partial charge in [-0.2, -0.15) is 13.2 Å². The molecule has 6 heteroatoms. The second-order valence-electron chi connectivity index (χ2n) is 4.83. The highest BCUT2D eigenvalue weighted by Gasteiger charge is 2.35. The summed E-state index contributed by atoms with van der Waals surface area (Å²) in [7, 11) is 0. The number of rotatable bonds is 8. The van der Waals surface area contributed by atoms with Crippen molar-refractivity contribution in [1.29, 1.82) is 0 Å². The van der Waals surface area contributed by atoms with Crippen LogP contribution in [0.2, 0.25) is 0 Å². The first-order valence-corrected chi connectivity index (χ1v) is 8.35. The van der Waals surface area contributed by atoms with Crippen LogP contribution >= 0.6 is 23.4 Å². The van der Waals surface area contributed by atoms with Crippen LogP contribution in [-0.4, -0.2) is 11.0 Å². The molecule has 0 saturated carbocycles. The number of unbranched alkanes of at least 4 members (excludes halogenated alkanes) is 2. The van der Waals surface area contributed by atoms with Gasteiger partial charge in [0.2, 0.25) is 0 Å². The number of hydrogen-bond acceptors (Lipinski definition) is 2. The summed E-state index contributed by atoms with van der Waals surface area (Å²) in [6, 6.07) is 2.27. The van der Waals surface area contributed by atoms with Gasteiger partial charge in [0, 0.05) is 10.5 Å². The Hall–Kier alpha value is -0.940. The minimum atomic E-state index is -4.51.